The Kier molecular flexibility index (Phi) is 3.47. The number of hydrogen-bond acceptors (Lipinski definition) is 2. The molecule has 0 amide bonds. The first-order chi connectivity index (χ1) is 12.9. The highest BCUT2D eigenvalue weighted by Gasteiger charge is 2.52. The van der Waals surface area contributed by atoms with Crippen LogP contribution in [0.3, 0.4) is 0 Å². The van der Waals surface area contributed by atoms with Crippen molar-refractivity contribution in [2.45, 2.75) is 38.9 Å². The predicted octanol–water partition coefficient (Wildman–Crippen LogP) is 5.45. The van der Waals surface area contributed by atoms with E-state index in [0.29, 0.717) is 0 Å². The summed E-state index contributed by atoms with van der Waals surface area (Å²) in [4.78, 5) is 0. The molecular weight excluding hydrogens is 331 g/mol. The molecule has 0 unspecified atom stereocenters. The molecule has 0 N–H and O–H groups in total. The predicted molar refractivity (Wildman–Crippen MR) is 115 cm³/mol. The smallest absolute Gasteiger partial charge is 0.399 e. The van der Waals surface area contributed by atoms with Gasteiger partial charge in [-0.3, -0.25) is 0 Å². The van der Waals surface area contributed by atoms with E-state index in [2.05, 4.69) is 94.4 Å². The second kappa shape index (κ2) is 5.57. The SMILES string of the molecule is CC1(C)OB(c2cccc3c4ccccc4c4ccccc4c23)OC1(C)C. The average Bonchev–Trinajstić information content (AvgIpc) is 2.89. The Labute approximate surface area is 160 Å². The molecule has 1 aliphatic rings. The minimum absolute atomic E-state index is 0.355. The van der Waals surface area contributed by atoms with Crippen molar-refractivity contribution in [1.82, 2.24) is 0 Å². The molecule has 0 atom stereocenters. The fourth-order valence-electron chi connectivity index (χ4n) is 4.15. The van der Waals surface area contributed by atoms with Gasteiger partial charge >= 0.3 is 7.12 Å². The highest BCUT2D eigenvalue weighted by atomic mass is 16.7. The second-order valence-corrected chi connectivity index (χ2v) is 8.45. The molecule has 4 aromatic carbocycles. The molecule has 1 saturated heterocycles. The van der Waals surface area contributed by atoms with Crippen molar-refractivity contribution in [3.8, 4) is 0 Å². The molecule has 1 heterocycles. The van der Waals surface area contributed by atoms with Gasteiger partial charge in [0.05, 0.1) is 11.2 Å². The third kappa shape index (κ3) is 2.35. The van der Waals surface area contributed by atoms with Crippen LogP contribution in [0.15, 0.2) is 66.7 Å². The first-order valence-electron chi connectivity index (χ1n) is 9.57. The minimum Gasteiger partial charge on any atom is -0.399 e. The molecule has 27 heavy (non-hydrogen) atoms. The van der Waals surface area contributed by atoms with Crippen LogP contribution in [-0.2, 0) is 9.31 Å². The summed E-state index contributed by atoms with van der Waals surface area (Å²) in [6.45, 7) is 8.41. The van der Waals surface area contributed by atoms with Gasteiger partial charge in [0.15, 0.2) is 0 Å². The molecule has 0 bridgehead atoms. The lowest BCUT2D eigenvalue weighted by molar-refractivity contribution is 0.00578. The minimum atomic E-state index is -0.372. The van der Waals surface area contributed by atoms with Crippen molar-refractivity contribution in [2.75, 3.05) is 0 Å². The first kappa shape index (κ1) is 16.8. The van der Waals surface area contributed by atoms with Crippen LogP contribution in [0.5, 0.6) is 0 Å². The molecule has 0 aromatic heterocycles. The van der Waals surface area contributed by atoms with Crippen LogP contribution < -0.4 is 5.46 Å². The van der Waals surface area contributed by atoms with E-state index < -0.39 is 0 Å². The van der Waals surface area contributed by atoms with E-state index in [1.54, 1.807) is 0 Å². The zero-order valence-electron chi connectivity index (χ0n) is 16.2. The molecule has 2 nitrogen and oxygen atoms in total. The summed E-state index contributed by atoms with van der Waals surface area (Å²) in [7, 11) is -0.372. The highest BCUT2D eigenvalue weighted by Crippen LogP contribution is 2.39. The van der Waals surface area contributed by atoms with Gasteiger partial charge in [0, 0.05) is 0 Å². The van der Waals surface area contributed by atoms with E-state index in [0.717, 1.165) is 5.46 Å². The summed E-state index contributed by atoms with van der Waals surface area (Å²) in [5, 5.41) is 7.54. The molecular formula is C24H23BO2. The van der Waals surface area contributed by atoms with Gasteiger partial charge in [-0.05, 0) is 65.5 Å². The maximum absolute atomic E-state index is 6.40. The van der Waals surface area contributed by atoms with Gasteiger partial charge < -0.3 is 9.31 Å². The van der Waals surface area contributed by atoms with Crippen molar-refractivity contribution in [1.29, 1.82) is 0 Å². The van der Waals surface area contributed by atoms with E-state index in [9.17, 15) is 0 Å². The second-order valence-electron chi connectivity index (χ2n) is 8.45. The summed E-state index contributed by atoms with van der Waals surface area (Å²) < 4.78 is 12.8. The first-order valence-corrected chi connectivity index (χ1v) is 9.57. The number of fused-ring (bicyclic) bond motifs is 6. The lowest BCUT2D eigenvalue weighted by Gasteiger charge is -2.32. The molecule has 0 aliphatic carbocycles. The Hall–Kier alpha value is -2.36. The normalized spacial score (nSPS) is 18.6. The summed E-state index contributed by atoms with van der Waals surface area (Å²) >= 11 is 0. The van der Waals surface area contributed by atoms with Gasteiger partial charge in [-0.1, -0.05) is 66.7 Å². The fourth-order valence-corrected chi connectivity index (χ4v) is 4.15. The largest absolute Gasteiger partial charge is 0.495 e. The van der Waals surface area contributed by atoms with Crippen LogP contribution >= 0.6 is 0 Å². The van der Waals surface area contributed by atoms with Crippen molar-refractivity contribution in [2.24, 2.45) is 0 Å². The van der Waals surface area contributed by atoms with Gasteiger partial charge in [0.25, 0.3) is 0 Å². The molecule has 1 fully saturated rings. The molecule has 3 heteroatoms. The lowest BCUT2D eigenvalue weighted by atomic mass is 9.74. The maximum atomic E-state index is 6.40. The molecule has 0 saturated carbocycles. The summed E-state index contributed by atoms with van der Waals surface area (Å²) in [5.41, 5.74) is 0.395. The number of hydrogen-bond donors (Lipinski definition) is 0. The van der Waals surface area contributed by atoms with Crippen molar-refractivity contribution >= 4 is 44.9 Å². The standard InChI is InChI=1S/C24H23BO2/c1-23(2)24(3,4)27-25(26-23)21-15-9-14-20-18-11-6-5-10-16(18)17-12-7-8-13-19(17)22(20)21/h5-15H,1-4H3. The third-order valence-corrected chi connectivity index (χ3v) is 6.31. The number of benzene rings is 4. The zero-order valence-corrected chi connectivity index (χ0v) is 16.2. The Morgan fingerprint density at radius 1 is 0.556 bits per heavy atom. The van der Waals surface area contributed by atoms with Gasteiger partial charge in [-0.15, -0.1) is 0 Å². The average molecular weight is 354 g/mol. The van der Waals surface area contributed by atoms with Gasteiger partial charge in [-0.25, -0.2) is 0 Å². The van der Waals surface area contributed by atoms with Gasteiger partial charge in [0.2, 0.25) is 0 Å². The van der Waals surface area contributed by atoms with E-state index in [1.807, 2.05) is 0 Å². The zero-order chi connectivity index (χ0) is 18.8. The maximum Gasteiger partial charge on any atom is 0.495 e. The summed E-state index contributed by atoms with van der Waals surface area (Å²) in [5.74, 6) is 0. The van der Waals surface area contributed by atoms with Crippen LogP contribution in [0.4, 0.5) is 0 Å². The quantitative estimate of drug-likeness (QED) is 0.334. The van der Waals surface area contributed by atoms with Crippen LogP contribution in [0.2, 0.25) is 0 Å². The molecule has 0 spiro atoms. The van der Waals surface area contributed by atoms with E-state index in [-0.39, 0.29) is 18.3 Å². The van der Waals surface area contributed by atoms with Crippen LogP contribution in [0.1, 0.15) is 27.7 Å². The van der Waals surface area contributed by atoms with Crippen LogP contribution in [-0.4, -0.2) is 18.3 Å². The highest BCUT2D eigenvalue weighted by molar-refractivity contribution is 6.66. The van der Waals surface area contributed by atoms with Gasteiger partial charge in [0.1, 0.15) is 0 Å². The Morgan fingerprint density at radius 2 is 0.963 bits per heavy atom. The Balaban J connectivity index is 1.89. The fraction of sp³-hybridized carbons (Fsp3) is 0.250. The van der Waals surface area contributed by atoms with E-state index >= 15 is 0 Å². The topological polar surface area (TPSA) is 18.5 Å². The summed E-state index contributed by atoms with van der Waals surface area (Å²) in [6.07, 6.45) is 0. The van der Waals surface area contributed by atoms with Crippen molar-refractivity contribution in [3.63, 3.8) is 0 Å². The lowest BCUT2D eigenvalue weighted by Crippen LogP contribution is -2.41. The van der Waals surface area contributed by atoms with Crippen LogP contribution in [0, 0.1) is 0 Å². The van der Waals surface area contributed by atoms with E-state index in [1.165, 1.54) is 32.3 Å². The number of rotatable bonds is 1. The molecule has 134 valence electrons. The molecule has 1 aliphatic heterocycles. The molecule has 4 aromatic rings. The Bertz CT molecular complexity index is 1130. The van der Waals surface area contributed by atoms with Crippen molar-refractivity contribution < 1.29 is 9.31 Å². The monoisotopic (exact) mass is 354 g/mol. The van der Waals surface area contributed by atoms with Crippen molar-refractivity contribution in [3.05, 3.63) is 66.7 Å². The molecule has 5 rings (SSSR count). The van der Waals surface area contributed by atoms with E-state index in [4.69, 9.17) is 9.31 Å². The third-order valence-electron chi connectivity index (χ3n) is 6.31. The van der Waals surface area contributed by atoms with Crippen LogP contribution in [0.25, 0.3) is 32.3 Å². The molecule has 0 radical (unpaired) electrons. The summed E-state index contributed by atoms with van der Waals surface area (Å²) in [6, 6.07) is 23.7. The van der Waals surface area contributed by atoms with Gasteiger partial charge in [-0.2, -0.15) is 0 Å². The Morgan fingerprint density at radius 3 is 1.48 bits per heavy atom.